The molecule has 1 N–H and O–H groups in total. The van der Waals surface area contributed by atoms with Gasteiger partial charge in [-0.2, -0.15) is 0 Å². The molecule has 1 rings (SSSR count). The molecule has 0 aromatic heterocycles. The number of hydrogen-bond donors (Lipinski definition) is 1. The first-order chi connectivity index (χ1) is 9.09. The maximum absolute atomic E-state index is 3.71. The lowest BCUT2D eigenvalue weighted by Crippen LogP contribution is -2.30. The zero-order valence-electron chi connectivity index (χ0n) is 13.9. The number of hydrogen-bond acceptors (Lipinski definition) is 1. The first-order valence-corrected chi connectivity index (χ1v) is 8.80. The van der Waals surface area contributed by atoms with E-state index in [9.17, 15) is 0 Å². The Bertz CT molecular complexity index is 188. The van der Waals surface area contributed by atoms with E-state index in [0.29, 0.717) is 0 Å². The molecule has 1 heteroatoms. The van der Waals surface area contributed by atoms with Crippen LogP contribution < -0.4 is 5.32 Å². The van der Waals surface area contributed by atoms with E-state index in [-0.39, 0.29) is 0 Å². The zero-order valence-corrected chi connectivity index (χ0v) is 13.9. The minimum atomic E-state index is 0.783. The highest BCUT2D eigenvalue weighted by atomic mass is 14.9. The van der Waals surface area contributed by atoms with Crippen LogP contribution in [0.25, 0.3) is 0 Å². The fraction of sp³-hybridized carbons (Fsp3) is 1.00. The monoisotopic (exact) mass is 267 g/mol. The Hall–Kier alpha value is -0.0400. The second-order valence-electron chi connectivity index (χ2n) is 7.54. The van der Waals surface area contributed by atoms with Crippen molar-refractivity contribution >= 4 is 0 Å². The van der Waals surface area contributed by atoms with Crippen molar-refractivity contribution in [2.45, 2.75) is 79.1 Å². The lowest BCUT2D eigenvalue weighted by molar-refractivity contribution is 0.269. The van der Waals surface area contributed by atoms with Crippen molar-refractivity contribution in [1.82, 2.24) is 5.32 Å². The zero-order chi connectivity index (χ0) is 14.1. The molecule has 0 saturated heterocycles. The minimum Gasteiger partial charge on any atom is -0.316 e. The number of rotatable bonds is 8. The SMILES string of the molecule is CC(C)CCCC1CCCCCC1CNCC(C)C. The highest BCUT2D eigenvalue weighted by Gasteiger charge is 2.23. The van der Waals surface area contributed by atoms with Crippen LogP contribution in [0.15, 0.2) is 0 Å². The summed E-state index contributed by atoms with van der Waals surface area (Å²) >= 11 is 0. The Morgan fingerprint density at radius 3 is 2.21 bits per heavy atom. The molecule has 1 nitrogen and oxygen atoms in total. The van der Waals surface area contributed by atoms with E-state index >= 15 is 0 Å². The number of nitrogens with one attached hydrogen (secondary N) is 1. The van der Waals surface area contributed by atoms with Gasteiger partial charge in [-0.1, -0.05) is 72.6 Å². The third-order valence-corrected chi connectivity index (χ3v) is 4.63. The van der Waals surface area contributed by atoms with Gasteiger partial charge < -0.3 is 5.32 Å². The van der Waals surface area contributed by atoms with Gasteiger partial charge in [0.05, 0.1) is 0 Å². The summed E-state index contributed by atoms with van der Waals surface area (Å²) in [7, 11) is 0. The Kier molecular flexibility index (Phi) is 8.77. The quantitative estimate of drug-likeness (QED) is 0.592. The third kappa shape index (κ3) is 7.97. The fourth-order valence-electron chi connectivity index (χ4n) is 3.46. The molecule has 2 atom stereocenters. The van der Waals surface area contributed by atoms with Crippen molar-refractivity contribution in [3.05, 3.63) is 0 Å². The van der Waals surface area contributed by atoms with Gasteiger partial charge >= 0.3 is 0 Å². The van der Waals surface area contributed by atoms with Crippen molar-refractivity contribution in [2.24, 2.45) is 23.7 Å². The highest BCUT2D eigenvalue weighted by molar-refractivity contribution is 4.76. The topological polar surface area (TPSA) is 12.0 Å². The van der Waals surface area contributed by atoms with Gasteiger partial charge in [-0.05, 0) is 43.2 Å². The van der Waals surface area contributed by atoms with Gasteiger partial charge in [0.25, 0.3) is 0 Å². The van der Waals surface area contributed by atoms with Crippen molar-refractivity contribution in [3.8, 4) is 0 Å². The van der Waals surface area contributed by atoms with Crippen LogP contribution in [-0.2, 0) is 0 Å². The van der Waals surface area contributed by atoms with Crippen LogP contribution in [-0.4, -0.2) is 13.1 Å². The molecule has 0 aliphatic heterocycles. The van der Waals surface area contributed by atoms with Crippen LogP contribution >= 0.6 is 0 Å². The molecule has 0 radical (unpaired) electrons. The van der Waals surface area contributed by atoms with Gasteiger partial charge in [-0.25, -0.2) is 0 Å². The molecule has 1 fully saturated rings. The van der Waals surface area contributed by atoms with Crippen LogP contribution in [0.3, 0.4) is 0 Å². The standard InChI is InChI=1S/C18H37N/c1-15(2)9-8-12-17-10-6-5-7-11-18(17)14-19-13-16(3)4/h15-19H,5-14H2,1-4H3. The van der Waals surface area contributed by atoms with Gasteiger partial charge in [-0.3, -0.25) is 0 Å². The van der Waals surface area contributed by atoms with E-state index in [1.165, 1.54) is 64.5 Å². The van der Waals surface area contributed by atoms with E-state index < -0.39 is 0 Å². The summed E-state index contributed by atoms with van der Waals surface area (Å²) in [6, 6.07) is 0. The summed E-state index contributed by atoms with van der Waals surface area (Å²) < 4.78 is 0. The van der Waals surface area contributed by atoms with Gasteiger partial charge in [-0.15, -0.1) is 0 Å². The lowest BCUT2D eigenvalue weighted by atomic mass is 9.83. The van der Waals surface area contributed by atoms with Crippen LogP contribution in [0.2, 0.25) is 0 Å². The summed E-state index contributed by atoms with van der Waals surface area (Å²) in [4.78, 5) is 0. The molecular formula is C18H37N. The van der Waals surface area contributed by atoms with Crippen LogP contribution in [0.1, 0.15) is 79.1 Å². The molecule has 114 valence electrons. The summed E-state index contributed by atoms with van der Waals surface area (Å²) in [6.45, 7) is 11.8. The minimum absolute atomic E-state index is 0.783. The summed E-state index contributed by atoms with van der Waals surface area (Å²) in [6.07, 6.45) is 11.7. The normalized spacial score (nSPS) is 24.9. The first-order valence-electron chi connectivity index (χ1n) is 8.80. The van der Waals surface area contributed by atoms with E-state index in [4.69, 9.17) is 0 Å². The molecule has 2 unspecified atom stereocenters. The van der Waals surface area contributed by atoms with Crippen LogP contribution in [0.4, 0.5) is 0 Å². The van der Waals surface area contributed by atoms with E-state index in [1.54, 1.807) is 0 Å². The predicted octanol–water partition coefficient (Wildman–Crippen LogP) is 5.25. The maximum Gasteiger partial charge on any atom is -0.00178 e. The molecule has 0 spiro atoms. The Morgan fingerprint density at radius 2 is 1.58 bits per heavy atom. The molecule has 19 heavy (non-hydrogen) atoms. The molecule has 0 aromatic rings. The Morgan fingerprint density at radius 1 is 0.895 bits per heavy atom. The fourth-order valence-corrected chi connectivity index (χ4v) is 3.46. The van der Waals surface area contributed by atoms with Gasteiger partial charge in [0.15, 0.2) is 0 Å². The second kappa shape index (κ2) is 9.80. The summed E-state index contributed by atoms with van der Waals surface area (Å²) in [5.74, 6) is 3.61. The van der Waals surface area contributed by atoms with Crippen molar-refractivity contribution in [3.63, 3.8) is 0 Å². The largest absolute Gasteiger partial charge is 0.316 e. The maximum atomic E-state index is 3.71. The molecule has 1 aliphatic rings. The van der Waals surface area contributed by atoms with Gasteiger partial charge in [0.1, 0.15) is 0 Å². The van der Waals surface area contributed by atoms with Crippen LogP contribution in [0.5, 0.6) is 0 Å². The van der Waals surface area contributed by atoms with Crippen molar-refractivity contribution < 1.29 is 0 Å². The molecule has 0 bridgehead atoms. The first kappa shape index (κ1) is 17.0. The molecular weight excluding hydrogens is 230 g/mol. The van der Waals surface area contributed by atoms with Crippen molar-refractivity contribution in [1.29, 1.82) is 0 Å². The highest BCUT2D eigenvalue weighted by Crippen LogP contribution is 2.32. The molecule has 0 heterocycles. The van der Waals surface area contributed by atoms with Gasteiger partial charge in [0.2, 0.25) is 0 Å². The average Bonchev–Trinajstić information content (AvgIpc) is 2.54. The van der Waals surface area contributed by atoms with E-state index in [1.807, 2.05) is 0 Å². The Balaban J connectivity index is 2.33. The second-order valence-corrected chi connectivity index (χ2v) is 7.54. The Labute approximate surface area is 121 Å². The van der Waals surface area contributed by atoms with E-state index in [0.717, 1.165) is 23.7 Å². The summed E-state index contributed by atoms with van der Waals surface area (Å²) in [5.41, 5.74) is 0. The lowest BCUT2D eigenvalue weighted by Gasteiger charge is -2.26. The molecule has 0 aromatic carbocycles. The summed E-state index contributed by atoms with van der Waals surface area (Å²) in [5, 5.41) is 3.71. The average molecular weight is 268 g/mol. The van der Waals surface area contributed by atoms with Crippen LogP contribution in [0, 0.1) is 23.7 Å². The van der Waals surface area contributed by atoms with E-state index in [2.05, 4.69) is 33.0 Å². The van der Waals surface area contributed by atoms with Gasteiger partial charge in [0, 0.05) is 0 Å². The smallest absolute Gasteiger partial charge is 0.00178 e. The van der Waals surface area contributed by atoms with Crippen molar-refractivity contribution in [2.75, 3.05) is 13.1 Å². The third-order valence-electron chi connectivity index (χ3n) is 4.63. The molecule has 0 amide bonds. The predicted molar refractivity (Wildman–Crippen MR) is 86.5 cm³/mol. The molecule has 1 aliphatic carbocycles. The molecule has 1 saturated carbocycles.